The van der Waals surface area contributed by atoms with Gasteiger partial charge >= 0.3 is 37.9 Å². The third kappa shape index (κ3) is 13.3. The van der Waals surface area contributed by atoms with Gasteiger partial charge in [-0.2, -0.15) is 0 Å². The zero-order valence-corrected chi connectivity index (χ0v) is 24.0. The maximum absolute atomic E-state index is 4.93. The molecule has 2 aromatic rings. The molecular formula is C28H42Cl2Zr. The zero-order chi connectivity index (χ0) is 20.9. The van der Waals surface area contributed by atoms with Gasteiger partial charge in [0.25, 0.3) is 0 Å². The molecule has 2 aliphatic carbocycles. The van der Waals surface area contributed by atoms with Crippen molar-refractivity contribution in [3.05, 3.63) is 86.6 Å². The van der Waals surface area contributed by atoms with Crippen LogP contribution in [0.25, 0.3) is 0 Å². The summed E-state index contributed by atoms with van der Waals surface area (Å²) in [7, 11) is 9.87. The van der Waals surface area contributed by atoms with Gasteiger partial charge in [0, 0.05) is 0 Å². The minimum absolute atomic E-state index is 0. The molecular weight excluding hydrogens is 498 g/mol. The first kappa shape index (κ1) is 30.9. The van der Waals surface area contributed by atoms with Crippen LogP contribution < -0.4 is 0 Å². The van der Waals surface area contributed by atoms with Crippen molar-refractivity contribution in [1.29, 1.82) is 0 Å². The summed E-state index contributed by atoms with van der Waals surface area (Å²) in [5, 5.41) is 0. The molecule has 0 aliphatic heterocycles. The number of halogens is 2. The predicted octanol–water partition coefficient (Wildman–Crippen LogP) is 9.61. The average Bonchev–Trinajstić information content (AvgIpc) is 3.32. The SMILES string of the molecule is CC1CCC(Cc2ccccc2)C1.CC1CCC(Cc2ccccc2)C1.[CH3-].[CH3-].[Cl][Zr+2][Cl]. The first-order valence-corrected chi connectivity index (χ1v) is 17.5. The number of hydrogen-bond acceptors (Lipinski definition) is 0. The summed E-state index contributed by atoms with van der Waals surface area (Å²) in [5.74, 6) is 3.84. The van der Waals surface area contributed by atoms with Crippen LogP contribution in [0, 0.1) is 38.5 Å². The fourth-order valence-corrected chi connectivity index (χ4v) is 4.92. The quantitative estimate of drug-likeness (QED) is 0.339. The summed E-state index contributed by atoms with van der Waals surface area (Å²) in [5.41, 5.74) is 3.03. The molecule has 2 aliphatic rings. The summed E-state index contributed by atoms with van der Waals surface area (Å²) in [6, 6.07) is 21.8. The van der Waals surface area contributed by atoms with Gasteiger partial charge < -0.3 is 14.9 Å². The Morgan fingerprint density at radius 2 is 0.968 bits per heavy atom. The van der Waals surface area contributed by atoms with Gasteiger partial charge in [-0.15, -0.1) is 0 Å². The Morgan fingerprint density at radius 3 is 1.23 bits per heavy atom. The molecule has 4 atom stereocenters. The normalized spacial score (nSPS) is 23.6. The summed E-state index contributed by atoms with van der Waals surface area (Å²) >= 11 is -0.826. The van der Waals surface area contributed by atoms with E-state index in [-0.39, 0.29) is 14.9 Å². The molecule has 3 heteroatoms. The van der Waals surface area contributed by atoms with Crippen molar-refractivity contribution >= 4 is 17.0 Å². The summed E-state index contributed by atoms with van der Waals surface area (Å²) in [6.45, 7) is 4.76. The van der Waals surface area contributed by atoms with Crippen LogP contribution in [0.5, 0.6) is 0 Å². The number of hydrogen-bond donors (Lipinski definition) is 0. The van der Waals surface area contributed by atoms with Crippen molar-refractivity contribution in [2.75, 3.05) is 0 Å². The molecule has 4 rings (SSSR count). The van der Waals surface area contributed by atoms with E-state index in [0.29, 0.717) is 0 Å². The fraction of sp³-hybridized carbons (Fsp3) is 0.500. The third-order valence-corrected chi connectivity index (χ3v) is 6.34. The van der Waals surface area contributed by atoms with E-state index < -0.39 is 20.8 Å². The van der Waals surface area contributed by atoms with E-state index in [1.54, 1.807) is 0 Å². The Bertz CT molecular complexity index is 589. The second kappa shape index (κ2) is 18.3. The van der Waals surface area contributed by atoms with Crippen LogP contribution in [0.15, 0.2) is 60.7 Å². The second-order valence-electron chi connectivity index (χ2n) is 9.02. The molecule has 2 aromatic carbocycles. The molecule has 31 heavy (non-hydrogen) atoms. The standard InChI is InChI=1S/2C13H18.2CH3.2ClH.Zr/c2*1-11-7-8-13(9-11)10-12-5-3-2-4-6-12;;;;;/h2*2-6,11,13H,7-10H2,1H3;2*1H3;2*1H;/q;;2*-1;;;+4/p-2. The summed E-state index contributed by atoms with van der Waals surface area (Å²) < 4.78 is 0. The average molecular weight is 541 g/mol. The molecule has 0 aromatic heterocycles. The van der Waals surface area contributed by atoms with Crippen molar-refractivity contribution in [2.24, 2.45) is 23.7 Å². The first-order valence-electron chi connectivity index (χ1n) is 11.1. The molecule has 0 spiro atoms. The third-order valence-electron chi connectivity index (χ3n) is 6.34. The van der Waals surface area contributed by atoms with E-state index in [4.69, 9.17) is 17.0 Å². The maximum atomic E-state index is 4.93. The van der Waals surface area contributed by atoms with Gasteiger partial charge in [-0.05, 0) is 73.3 Å². The van der Waals surface area contributed by atoms with E-state index >= 15 is 0 Å². The van der Waals surface area contributed by atoms with Crippen molar-refractivity contribution in [1.82, 2.24) is 0 Å². The van der Waals surface area contributed by atoms with Crippen LogP contribution in [-0.2, 0) is 33.7 Å². The molecule has 2 fully saturated rings. The summed E-state index contributed by atoms with van der Waals surface area (Å²) in [4.78, 5) is 0. The molecule has 0 bridgehead atoms. The fourth-order valence-electron chi connectivity index (χ4n) is 4.92. The van der Waals surface area contributed by atoms with Gasteiger partial charge in [-0.25, -0.2) is 0 Å². The molecule has 0 saturated heterocycles. The van der Waals surface area contributed by atoms with Gasteiger partial charge in [0.15, 0.2) is 0 Å². The van der Waals surface area contributed by atoms with Gasteiger partial charge in [0.05, 0.1) is 0 Å². The molecule has 0 heterocycles. The van der Waals surface area contributed by atoms with E-state index in [1.807, 2.05) is 0 Å². The Morgan fingerprint density at radius 1 is 0.645 bits per heavy atom. The van der Waals surface area contributed by atoms with Crippen molar-refractivity contribution in [3.8, 4) is 0 Å². The summed E-state index contributed by atoms with van der Waals surface area (Å²) in [6.07, 6.45) is 11.2. The Balaban J connectivity index is 0.000000488. The molecule has 0 amide bonds. The molecule has 0 radical (unpaired) electrons. The first-order chi connectivity index (χ1) is 14.1. The molecule has 0 N–H and O–H groups in total. The molecule has 2 saturated carbocycles. The molecule has 0 nitrogen and oxygen atoms in total. The number of benzene rings is 2. The van der Waals surface area contributed by atoms with Crippen LogP contribution in [0.1, 0.15) is 63.5 Å². The predicted molar refractivity (Wildman–Crippen MR) is 138 cm³/mol. The van der Waals surface area contributed by atoms with Gasteiger partial charge in [-0.3, -0.25) is 0 Å². The monoisotopic (exact) mass is 538 g/mol. The number of rotatable bonds is 4. The Hall–Kier alpha value is -0.0969. The second-order valence-corrected chi connectivity index (χ2v) is 12.8. The van der Waals surface area contributed by atoms with Crippen molar-refractivity contribution < 1.29 is 20.8 Å². The topological polar surface area (TPSA) is 0 Å². The van der Waals surface area contributed by atoms with Gasteiger partial charge in [0.2, 0.25) is 0 Å². The van der Waals surface area contributed by atoms with E-state index in [1.165, 1.54) is 62.5 Å². The van der Waals surface area contributed by atoms with Gasteiger partial charge in [0.1, 0.15) is 0 Å². The molecule has 172 valence electrons. The Labute approximate surface area is 212 Å². The Kier molecular flexibility index (Phi) is 18.3. The molecule has 4 unspecified atom stereocenters. The van der Waals surface area contributed by atoms with Crippen molar-refractivity contribution in [3.63, 3.8) is 0 Å². The van der Waals surface area contributed by atoms with E-state index in [9.17, 15) is 0 Å². The van der Waals surface area contributed by atoms with Crippen LogP contribution in [0.2, 0.25) is 0 Å². The van der Waals surface area contributed by atoms with E-state index in [2.05, 4.69) is 74.5 Å². The van der Waals surface area contributed by atoms with Crippen LogP contribution in [0.4, 0.5) is 0 Å². The minimum atomic E-state index is -0.826. The van der Waals surface area contributed by atoms with Crippen LogP contribution >= 0.6 is 17.0 Å². The van der Waals surface area contributed by atoms with Crippen molar-refractivity contribution in [2.45, 2.75) is 65.2 Å². The zero-order valence-electron chi connectivity index (χ0n) is 20.0. The van der Waals surface area contributed by atoms with Crippen LogP contribution in [0.3, 0.4) is 0 Å². The van der Waals surface area contributed by atoms with Gasteiger partial charge in [-0.1, -0.05) is 87.4 Å². The van der Waals surface area contributed by atoms with E-state index in [0.717, 1.165) is 23.7 Å². The van der Waals surface area contributed by atoms with Crippen LogP contribution in [-0.4, -0.2) is 0 Å².